The molecular weight excluding hydrogens is 528 g/mol. The highest BCUT2D eigenvalue weighted by Gasteiger charge is 2.29. The van der Waals surface area contributed by atoms with Crippen LogP contribution in [0, 0.1) is 11.3 Å². The van der Waals surface area contributed by atoms with Gasteiger partial charge >= 0.3 is 0 Å². The molecule has 8 nitrogen and oxygen atoms in total. The van der Waals surface area contributed by atoms with Crippen LogP contribution in [-0.2, 0) is 10.0 Å². The smallest absolute Gasteiger partial charge is 0.285 e. The van der Waals surface area contributed by atoms with Crippen molar-refractivity contribution in [3.63, 3.8) is 0 Å². The maximum absolute atomic E-state index is 13.2. The first kappa shape index (κ1) is 26.4. The average molecular weight is 551 g/mol. The molecule has 0 saturated heterocycles. The zero-order valence-corrected chi connectivity index (χ0v) is 22.2. The maximum atomic E-state index is 13.2. The number of nitrogens with two attached hydrogens (primary N) is 1. The molecule has 1 aliphatic heterocycles. The first-order chi connectivity index (χ1) is 17.8. The third kappa shape index (κ3) is 6.38. The van der Waals surface area contributed by atoms with E-state index in [4.69, 9.17) is 27.7 Å². The molecule has 3 aromatic carbocycles. The van der Waals surface area contributed by atoms with Crippen molar-refractivity contribution in [2.45, 2.75) is 17.2 Å². The Hall–Kier alpha value is -3.65. The van der Waals surface area contributed by atoms with Crippen molar-refractivity contribution in [2.24, 2.45) is 20.2 Å². The third-order valence-corrected chi connectivity index (χ3v) is 7.70. The largest absolute Gasteiger partial charge is 0.378 e. The normalized spacial score (nSPS) is 16.7. The highest BCUT2D eigenvalue weighted by molar-refractivity contribution is 8.13. The Morgan fingerprint density at radius 3 is 2.41 bits per heavy atom. The predicted octanol–water partition coefficient (Wildman–Crippen LogP) is 4.83. The zero-order chi connectivity index (χ0) is 26.4. The number of nitriles is 1. The van der Waals surface area contributed by atoms with Crippen molar-refractivity contribution in [1.82, 2.24) is 5.01 Å². The molecule has 2 N–H and O–H groups in total. The van der Waals surface area contributed by atoms with Crippen LogP contribution < -0.4 is 5.73 Å². The molecule has 4 rings (SSSR count). The van der Waals surface area contributed by atoms with Gasteiger partial charge in [-0.05, 0) is 60.2 Å². The summed E-state index contributed by atoms with van der Waals surface area (Å²) in [4.78, 5) is 4.21. The molecule has 0 radical (unpaired) electrons. The highest BCUT2D eigenvalue weighted by Crippen LogP contribution is 2.30. The van der Waals surface area contributed by atoms with Gasteiger partial charge in [0.1, 0.15) is 0 Å². The van der Waals surface area contributed by atoms with Crippen LogP contribution in [-0.4, -0.2) is 43.1 Å². The first-order valence-corrected chi connectivity index (χ1v) is 14.2. The Labute approximate surface area is 225 Å². The number of thioether (sulfide) groups is 1. The number of hydrogen-bond donors (Lipinski definition) is 1. The van der Waals surface area contributed by atoms with Crippen LogP contribution in [0.2, 0.25) is 5.02 Å². The lowest BCUT2D eigenvalue weighted by Gasteiger charge is -2.30. The van der Waals surface area contributed by atoms with Gasteiger partial charge in [-0.25, -0.2) is 5.01 Å². The number of nitrogens with zero attached hydrogens (tertiary/aromatic N) is 5. The van der Waals surface area contributed by atoms with Gasteiger partial charge in [0, 0.05) is 17.5 Å². The summed E-state index contributed by atoms with van der Waals surface area (Å²) in [6, 6.07) is 24.8. The van der Waals surface area contributed by atoms with Crippen LogP contribution in [0.1, 0.15) is 29.0 Å². The molecule has 37 heavy (non-hydrogen) atoms. The van der Waals surface area contributed by atoms with Crippen molar-refractivity contribution in [2.75, 3.05) is 12.8 Å². The minimum Gasteiger partial charge on any atom is -0.378 e. The summed E-state index contributed by atoms with van der Waals surface area (Å²) in [5.41, 5.74) is 8.98. The van der Waals surface area contributed by atoms with E-state index in [0.717, 1.165) is 16.8 Å². The van der Waals surface area contributed by atoms with Gasteiger partial charge in [0.2, 0.25) is 0 Å². The molecule has 1 unspecified atom stereocenters. The number of benzene rings is 3. The maximum Gasteiger partial charge on any atom is 0.285 e. The van der Waals surface area contributed by atoms with Crippen LogP contribution in [0.15, 0.2) is 98.2 Å². The summed E-state index contributed by atoms with van der Waals surface area (Å²) >= 11 is 7.28. The molecular formula is C26H23ClN6O2S2. The van der Waals surface area contributed by atoms with Gasteiger partial charge in [0.15, 0.2) is 5.17 Å². The van der Waals surface area contributed by atoms with E-state index in [2.05, 4.69) is 9.39 Å². The minimum absolute atomic E-state index is 0.0307. The van der Waals surface area contributed by atoms with Crippen LogP contribution in [0.4, 0.5) is 0 Å². The number of hydrazone groups is 1. The Bertz CT molecular complexity index is 1500. The molecule has 0 bridgehead atoms. The predicted molar refractivity (Wildman–Crippen MR) is 149 cm³/mol. The van der Waals surface area contributed by atoms with Gasteiger partial charge < -0.3 is 5.73 Å². The summed E-state index contributed by atoms with van der Waals surface area (Å²) in [5, 5.41) is 16.1. The number of guanidine groups is 1. The highest BCUT2D eigenvalue weighted by atomic mass is 35.5. The summed E-state index contributed by atoms with van der Waals surface area (Å²) < 4.78 is 30.3. The van der Waals surface area contributed by atoms with E-state index in [1.54, 1.807) is 18.4 Å². The van der Waals surface area contributed by atoms with Crippen LogP contribution in [0.3, 0.4) is 0 Å². The molecule has 1 aliphatic rings. The number of amidine groups is 1. The molecule has 188 valence electrons. The van der Waals surface area contributed by atoms with Crippen LogP contribution in [0.25, 0.3) is 0 Å². The molecule has 0 fully saturated rings. The average Bonchev–Trinajstić information content (AvgIpc) is 2.93. The molecule has 3 aromatic rings. The van der Waals surface area contributed by atoms with Crippen molar-refractivity contribution < 1.29 is 8.42 Å². The van der Waals surface area contributed by atoms with Crippen molar-refractivity contribution in [1.29, 1.82) is 5.26 Å². The van der Waals surface area contributed by atoms with Crippen molar-refractivity contribution >= 4 is 50.2 Å². The summed E-state index contributed by atoms with van der Waals surface area (Å²) in [6.45, 7) is 0.365. The SMILES string of the molecule is CSC(N)=NC(=NS(=O)(=O)c1ccc(C#N)cc1)N1CCC(c2ccccc2)C(c2ccc(Cl)cc2)=N1. The number of halogens is 1. The zero-order valence-electron chi connectivity index (χ0n) is 19.8. The van der Waals surface area contributed by atoms with Gasteiger partial charge in [0.25, 0.3) is 16.0 Å². The monoisotopic (exact) mass is 550 g/mol. The van der Waals surface area contributed by atoms with E-state index in [9.17, 15) is 8.42 Å². The second kappa shape index (κ2) is 11.6. The van der Waals surface area contributed by atoms with E-state index >= 15 is 0 Å². The topological polar surface area (TPSA) is 124 Å². The fourth-order valence-corrected chi connectivity index (χ4v) is 5.04. The number of sulfonamides is 1. The molecule has 0 saturated carbocycles. The fourth-order valence-electron chi connectivity index (χ4n) is 3.80. The molecule has 1 heterocycles. The summed E-state index contributed by atoms with van der Waals surface area (Å²) in [6.07, 6.45) is 2.37. The third-order valence-electron chi connectivity index (χ3n) is 5.66. The van der Waals surface area contributed by atoms with Crippen LogP contribution in [0.5, 0.6) is 0 Å². The van der Waals surface area contributed by atoms with E-state index in [1.807, 2.05) is 48.5 Å². The number of hydrogen-bond acceptors (Lipinski definition) is 5. The Balaban J connectivity index is 1.82. The molecule has 0 spiro atoms. The van der Waals surface area contributed by atoms with Gasteiger partial charge in [-0.1, -0.05) is 65.8 Å². The number of aliphatic imine (C=N–C) groups is 1. The van der Waals surface area contributed by atoms with E-state index in [1.165, 1.54) is 41.0 Å². The van der Waals surface area contributed by atoms with Crippen molar-refractivity contribution in [3.8, 4) is 6.07 Å². The standard InChI is InChI=1S/C26H23ClN6O2S2/c1-36-25(29)30-26(32-37(34,35)22-13-7-18(17-28)8-14-22)33-16-15-23(19-5-3-2-4-6-19)24(31-33)20-9-11-21(27)12-10-20/h2-14,23H,15-16H2,1H3,(H2,29,30,32). The lowest BCUT2D eigenvalue weighted by atomic mass is 9.86. The molecule has 0 aliphatic carbocycles. The quantitative estimate of drug-likeness (QED) is 0.366. The Kier molecular flexibility index (Phi) is 8.28. The van der Waals surface area contributed by atoms with E-state index < -0.39 is 10.0 Å². The second-order valence-corrected chi connectivity index (χ2v) is 10.9. The molecule has 0 amide bonds. The molecule has 1 atom stereocenters. The van der Waals surface area contributed by atoms with Gasteiger partial charge in [0.05, 0.1) is 22.2 Å². The van der Waals surface area contributed by atoms with Gasteiger partial charge in [-0.3, -0.25) is 0 Å². The lowest BCUT2D eigenvalue weighted by Crippen LogP contribution is -2.36. The second-order valence-electron chi connectivity index (χ2n) is 8.02. The molecule has 0 aromatic heterocycles. The molecule has 11 heteroatoms. The minimum atomic E-state index is -4.16. The van der Waals surface area contributed by atoms with E-state index in [0.29, 0.717) is 23.6 Å². The van der Waals surface area contributed by atoms with Gasteiger partial charge in [-0.2, -0.15) is 23.8 Å². The fraction of sp³-hybridized carbons (Fsp3) is 0.154. The Morgan fingerprint density at radius 2 is 1.78 bits per heavy atom. The summed E-state index contributed by atoms with van der Waals surface area (Å²) in [7, 11) is -4.16. The first-order valence-electron chi connectivity index (χ1n) is 11.2. The Morgan fingerprint density at radius 1 is 1.11 bits per heavy atom. The number of rotatable bonds is 4. The van der Waals surface area contributed by atoms with E-state index in [-0.39, 0.29) is 21.9 Å². The van der Waals surface area contributed by atoms with Crippen LogP contribution >= 0.6 is 23.4 Å². The van der Waals surface area contributed by atoms with Crippen molar-refractivity contribution in [3.05, 3.63) is 101 Å². The van der Waals surface area contributed by atoms with Gasteiger partial charge in [-0.15, -0.1) is 4.40 Å². The summed E-state index contributed by atoms with van der Waals surface area (Å²) in [5.74, 6) is -0.175. The lowest BCUT2D eigenvalue weighted by molar-refractivity contribution is 0.400.